The van der Waals surface area contributed by atoms with Crippen LogP contribution in [0.1, 0.15) is 21.5 Å². The van der Waals surface area contributed by atoms with Crippen LogP contribution in [0.3, 0.4) is 0 Å². The van der Waals surface area contributed by atoms with Crippen molar-refractivity contribution >= 4 is 12.4 Å². The first kappa shape index (κ1) is 10.2. The Morgan fingerprint density at radius 1 is 1.36 bits per heavy atom. The van der Waals surface area contributed by atoms with Crippen molar-refractivity contribution in [2.24, 2.45) is 0 Å². The fourth-order valence-electron chi connectivity index (χ4n) is 1.20. The zero-order valence-corrected chi connectivity index (χ0v) is 7.90. The summed E-state index contributed by atoms with van der Waals surface area (Å²) in [6.45, 7) is 3.66. The van der Waals surface area contributed by atoms with Crippen LogP contribution in [0.4, 0.5) is 0 Å². The van der Waals surface area contributed by atoms with Gasteiger partial charge in [0.1, 0.15) is 5.75 Å². The van der Waals surface area contributed by atoms with Crippen molar-refractivity contribution in [1.82, 2.24) is 0 Å². The summed E-state index contributed by atoms with van der Waals surface area (Å²) in [5.74, 6) is -0.592. The summed E-state index contributed by atoms with van der Waals surface area (Å²) in [7, 11) is 0. The van der Waals surface area contributed by atoms with Gasteiger partial charge in [0.15, 0.2) is 0 Å². The first-order chi connectivity index (χ1) is 6.56. The highest BCUT2D eigenvalue weighted by Gasteiger charge is 2.10. The molecule has 0 bridgehead atoms. The molecular weight excluding hydrogens is 184 g/mol. The second-order valence-corrected chi connectivity index (χ2v) is 2.95. The van der Waals surface area contributed by atoms with Gasteiger partial charge in [-0.15, -0.1) is 0 Å². The van der Waals surface area contributed by atoms with E-state index in [4.69, 9.17) is 5.11 Å². The zero-order valence-electron chi connectivity index (χ0n) is 7.90. The Kier molecular flexibility index (Phi) is 2.86. The topological polar surface area (TPSA) is 63.6 Å². The molecule has 0 spiro atoms. The number of carboxylic acids is 1. The lowest BCUT2D eigenvalue weighted by molar-refractivity contribution is -0.120. The number of rotatable bonds is 3. The van der Waals surface area contributed by atoms with E-state index in [-0.39, 0.29) is 5.56 Å². The maximum Gasteiger partial charge on any atom is 0.335 e. The number of carboxylic acid groups (broad SMARTS) is 1. The molecule has 14 heavy (non-hydrogen) atoms. The van der Waals surface area contributed by atoms with Gasteiger partial charge in [0.25, 0.3) is 6.47 Å². The molecule has 1 N–H and O–H groups in total. The SMILES string of the molecule is Cc1cc(C(=O)O)c(C)cc1OC=O. The molecule has 74 valence electrons. The van der Waals surface area contributed by atoms with E-state index in [1.54, 1.807) is 13.8 Å². The number of benzene rings is 1. The maximum atomic E-state index is 10.7. The first-order valence-electron chi connectivity index (χ1n) is 4.01. The molecule has 0 aliphatic rings. The average molecular weight is 194 g/mol. The summed E-state index contributed by atoms with van der Waals surface area (Å²) >= 11 is 0. The highest BCUT2D eigenvalue weighted by molar-refractivity contribution is 5.90. The third-order valence-corrected chi connectivity index (χ3v) is 1.93. The Bertz CT molecular complexity index is 382. The van der Waals surface area contributed by atoms with Crippen LogP contribution in [0.2, 0.25) is 0 Å². The number of carbonyl (C=O) groups excluding carboxylic acids is 1. The number of aryl methyl sites for hydroxylation is 2. The van der Waals surface area contributed by atoms with Crippen molar-refractivity contribution in [3.05, 3.63) is 28.8 Å². The van der Waals surface area contributed by atoms with Crippen LogP contribution in [0.15, 0.2) is 12.1 Å². The summed E-state index contributed by atoms with van der Waals surface area (Å²) in [5, 5.41) is 8.80. The molecular formula is C10H10O4. The van der Waals surface area contributed by atoms with Gasteiger partial charge in [0, 0.05) is 0 Å². The first-order valence-corrected chi connectivity index (χ1v) is 4.01. The molecule has 0 atom stereocenters. The monoisotopic (exact) mass is 194 g/mol. The number of aromatic carboxylic acids is 1. The minimum atomic E-state index is -0.983. The number of hydrogen-bond acceptors (Lipinski definition) is 3. The number of carbonyl (C=O) groups is 2. The molecule has 0 aromatic heterocycles. The molecule has 0 aliphatic carbocycles. The van der Waals surface area contributed by atoms with E-state index in [0.717, 1.165) is 0 Å². The van der Waals surface area contributed by atoms with Crippen LogP contribution in [-0.2, 0) is 4.79 Å². The Morgan fingerprint density at radius 2 is 2.00 bits per heavy atom. The molecule has 1 aromatic carbocycles. The van der Waals surface area contributed by atoms with Crippen molar-refractivity contribution in [1.29, 1.82) is 0 Å². The number of hydrogen-bond donors (Lipinski definition) is 1. The van der Waals surface area contributed by atoms with Gasteiger partial charge in [-0.3, -0.25) is 4.79 Å². The highest BCUT2D eigenvalue weighted by Crippen LogP contribution is 2.22. The van der Waals surface area contributed by atoms with E-state index in [1.165, 1.54) is 12.1 Å². The van der Waals surface area contributed by atoms with Crippen molar-refractivity contribution in [2.75, 3.05) is 0 Å². The summed E-state index contributed by atoms with van der Waals surface area (Å²) in [6, 6.07) is 3.02. The van der Waals surface area contributed by atoms with E-state index in [9.17, 15) is 9.59 Å². The second kappa shape index (κ2) is 3.91. The second-order valence-electron chi connectivity index (χ2n) is 2.95. The Hall–Kier alpha value is -1.84. The molecule has 0 saturated heterocycles. The van der Waals surface area contributed by atoms with Crippen LogP contribution < -0.4 is 4.74 Å². The molecule has 1 rings (SSSR count). The van der Waals surface area contributed by atoms with E-state index < -0.39 is 5.97 Å². The Balaban J connectivity index is 3.23. The van der Waals surface area contributed by atoms with Crippen LogP contribution >= 0.6 is 0 Å². The van der Waals surface area contributed by atoms with Crippen molar-refractivity contribution in [2.45, 2.75) is 13.8 Å². The molecule has 0 amide bonds. The molecule has 0 heterocycles. The van der Waals surface area contributed by atoms with Gasteiger partial charge in [0.2, 0.25) is 0 Å². The average Bonchev–Trinajstić information content (AvgIpc) is 2.10. The van der Waals surface area contributed by atoms with Crippen molar-refractivity contribution in [3.63, 3.8) is 0 Å². The molecule has 0 fully saturated rings. The quantitative estimate of drug-likeness (QED) is 0.741. The fourth-order valence-corrected chi connectivity index (χ4v) is 1.20. The van der Waals surface area contributed by atoms with Crippen LogP contribution in [-0.4, -0.2) is 17.5 Å². The highest BCUT2D eigenvalue weighted by atomic mass is 16.5. The molecule has 4 nitrogen and oxygen atoms in total. The maximum absolute atomic E-state index is 10.7. The van der Waals surface area contributed by atoms with Gasteiger partial charge < -0.3 is 9.84 Å². The van der Waals surface area contributed by atoms with Crippen LogP contribution in [0.25, 0.3) is 0 Å². The van der Waals surface area contributed by atoms with Crippen LogP contribution in [0.5, 0.6) is 5.75 Å². The third kappa shape index (κ3) is 1.90. The smallest absolute Gasteiger partial charge is 0.335 e. The standard InChI is InChI=1S/C10H10O4/c1-6-4-9(14-5-11)7(2)3-8(6)10(12)13/h3-5H,1-2H3,(H,12,13). The van der Waals surface area contributed by atoms with E-state index in [2.05, 4.69) is 4.74 Å². The van der Waals surface area contributed by atoms with Gasteiger partial charge in [0.05, 0.1) is 5.56 Å². The predicted octanol–water partition coefficient (Wildman–Crippen LogP) is 1.54. The van der Waals surface area contributed by atoms with E-state index in [1.807, 2.05) is 0 Å². The molecule has 4 heteroatoms. The predicted molar refractivity (Wildman–Crippen MR) is 49.6 cm³/mol. The van der Waals surface area contributed by atoms with E-state index >= 15 is 0 Å². The fraction of sp³-hybridized carbons (Fsp3) is 0.200. The van der Waals surface area contributed by atoms with Crippen LogP contribution in [0, 0.1) is 13.8 Å². The lowest BCUT2D eigenvalue weighted by Gasteiger charge is -2.06. The zero-order chi connectivity index (χ0) is 10.7. The molecule has 0 radical (unpaired) electrons. The summed E-state index contributed by atoms with van der Waals surface area (Å²) < 4.78 is 4.68. The summed E-state index contributed by atoms with van der Waals surface area (Å²) in [5.41, 5.74) is 1.42. The Labute approximate surface area is 81.1 Å². The lowest BCUT2D eigenvalue weighted by atomic mass is 10.0. The van der Waals surface area contributed by atoms with Gasteiger partial charge >= 0.3 is 5.97 Å². The van der Waals surface area contributed by atoms with Crippen molar-refractivity contribution < 1.29 is 19.4 Å². The van der Waals surface area contributed by atoms with Crippen molar-refractivity contribution in [3.8, 4) is 5.75 Å². The molecule has 0 saturated carbocycles. The minimum absolute atomic E-state index is 0.223. The Morgan fingerprint density at radius 3 is 2.50 bits per heavy atom. The lowest BCUT2D eigenvalue weighted by Crippen LogP contribution is -2.02. The van der Waals surface area contributed by atoms with Gasteiger partial charge in [-0.1, -0.05) is 0 Å². The summed E-state index contributed by atoms with van der Waals surface area (Å²) in [6.07, 6.45) is 0. The van der Waals surface area contributed by atoms with Gasteiger partial charge in [-0.05, 0) is 37.1 Å². The van der Waals surface area contributed by atoms with Gasteiger partial charge in [-0.2, -0.15) is 0 Å². The third-order valence-electron chi connectivity index (χ3n) is 1.93. The molecule has 0 aliphatic heterocycles. The number of ether oxygens (including phenoxy) is 1. The largest absolute Gasteiger partial charge is 0.478 e. The molecule has 1 aromatic rings. The molecule has 0 unspecified atom stereocenters. The van der Waals surface area contributed by atoms with E-state index in [0.29, 0.717) is 23.3 Å². The summed E-state index contributed by atoms with van der Waals surface area (Å²) in [4.78, 5) is 20.9. The normalized spacial score (nSPS) is 9.57. The minimum Gasteiger partial charge on any atom is -0.478 e. The van der Waals surface area contributed by atoms with Gasteiger partial charge in [-0.25, -0.2) is 4.79 Å².